The molecule has 5 nitrogen and oxygen atoms in total. The summed E-state index contributed by atoms with van der Waals surface area (Å²) < 4.78 is 2.28. The molecule has 1 aromatic carbocycles. The van der Waals surface area contributed by atoms with Crippen molar-refractivity contribution in [3.05, 3.63) is 65.7 Å². The van der Waals surface area contributed by atoms with Crippen LogP contribution in [0.4, 0.5) is 0 Å². The highest BCUT2D eigenvalue weighted by Gasteiger charge is 2.24. The van der Waals surface area contributed by atoms with Gasteiger partial charge in [0.1, 0.15) is 11.6 Å². The fraction of sp³-hybridized carbons (Fsp3) is 0.440. The van der Waals surface area contributed by atoms with Crippen LogP contribution >= 0.6 is 0 Å². The maximum Gasteiger partial charge on any atom is 0.164 e. The van der Waals surface area contributed by atoms with Gasteiger partial charge in [0.25, 0.3) is 0 Å². The van der Waals surface area contributed by atoms with Crippen LogP contribution < -0.4 is 0 Å². The van der Waals surface area contributed by atoms with Crippen LogP contribution in [-0.4, -0.2) is 25.5 Å². The lowest BCUT2D eigenvalue weighted by molar-refractivity contribution is -0.118. The molecule has 30 heavy (non-hydrogen) atoms. The summed E-state index contributed by atoms with van der Waals surface area (Å²) in [4.78, 5) is 16.8. The van der Waals surface area contributed by atoms with Crippen molar-refractivity contribution in [2.45, 2.75) is 70.8 Å². The van der Waals surface area contributed by atoms with E-state index in [2.05, 4.69) is 57.9 Å². The van der Waals surface area contributed by atoms with Gasteiger partial charge in [0, 0.05) is 43.3 Å². The van der Waals surface area contributed by atoms with E-state index in [9.17, 15) is 4.79 Å². The van der Waals surface area contributed by atoms with Gasteiger partial charge in [-0.25, -0.2) is 0 Å². The van der Waals surface area contributed by atoms with E-state index in [-0.39, 0.29) is 5.78 Å². The largest absolute Gasteiger partial charge is 0.308 e. The van der Waals surface area contributed by atoms with E-state index in [1.807, 2.05) is 12.1 Å². The normalized spacial score (nSPS) is 14.5. The van der Waals surface area contributed by atoms with Gasteiger partial charge in [-0.1, -0.05) is 51.0 Å². The molecule has 0 saturated heterocycles. The smallest absolute Gasteiger partial charge is 0.164 e. The van der Waals surface area contributed by atoms with Gasteiger partial charge in [0.05, 0.1) is 0 Å². The Morgan fingerprint density at radius 3 is 2.40 bits per heavy atom. The van der Waals surface area contributed by atoms with Crippen LogP contribution in [0.5, 0.6) is 0 Å². The molecule has 156 valence electrons. The number of hydrogen-bond acceptors (Lipinski definition) is 4. The molecule has 0 unspecified atom stereocenters. The zero-order chi connectivity index (χ0) is 20.9. The molecule has 2 heterocycles. The molecule has 4 rings (SSSR count). The van der Waals surface area contributed by atoms with Crippen LogP contribution in [0.1, 0.15) is 74.9 Å². The Kier molecular flexibility index (Phi) is 6.36. The molecule has 1 aliphatic carbocycles. The number of hydrogen-bond donors (Lipinski definition) is 0. The average molecular weight is 403 g/mol. The highest BCUT2D eigenvalue weighted by Crippen LogP contribution is 2.34. The van der Waals surface area contributed by atoms with Crippen LogP contribution in [0, 0.1) is 0 Å². The molecule has 1 aliphatic rings. The Balaban J connectivity index is 1.46. The Hall–Kier alpha value is -2.82. The molecular formula is C25H30N4O. The molecule has 3 aromatic rings. The monoisotopic (exact) mass is 402 g/mol. The summed E-state index contributed by atoms with van der Waals surface area (Å²) in [5.74, 6) is 2.58. The van der Waals surface area contributed by atoms with E-state index >= 15 is 0 Å². The summed E-state index contributed by atoms with van der Waals surface area (Å²) in [6.07, 6.45) is 9.97. The van der Waals surface area contributed by atoms with E-state index in [0.717, 1.165) is 35.6 Å². The van der Waals surface area contributed by atoms with E-state index < -0.39 is 0 Å². The summed E-state index contributed by atoms with van der Waals surface area (Å²) in [6, 6.07) is 12.8. The lowest BCUT2D eigenvalue weighted by Crippen LogP contribution is -2.13. The standard InChI is InChI=1S/C25H30N4O/c1-18(2)20-9-7-19(8-10-20)17-23(30)11-12-24-27-28-25(21-13-15-26-16-14-21)29(24)22-5-3-4-6-22/h7-10,13-16,18,22H,3-6,11-12,17H2,1-2H3. The highest BCUT2D eigenvalue weighted by atomic mass is 16.1. The van der Waals surface area contributed by atoms with Gasteiger partial charge in [-0.3, -0.25) is 9.78 Å². The molecule has 0 atom stereocenters. The fourth-order valence-corrected chi connectivity index (χ4v) is 4.33. The minimum Gasteiger partial charge on any atom is -0.308 e. The zero-order valence-electron chi connectivity index (χ0n) is 17.9. The van der Waals surface area contributed by atoms with Gasteiger partial charge < -0.3 is 4.57 Å². The molecule has 1 fully saturated rings. The van der Waals surface area contributed by atoms with E-state index in [1.165, 1.54) is 18.4 Å². The summed E-state index contributed by atoms with van der Waals surface area (Å²) in [6.45, 7) is 4.36. The molecule has 0 aliphatic heterocycles. The number of nitrogens with zero attached hydrogens (tertiary/aromatic N) is 4. The van der Waals surface area contributed by atoms with E-state index in [0.29, 0.717) is 31.2 Å². The third kappa shape index (κ3) is 4.66. The van der Waals surface area contributed by atoms with Gasteiger partial charge in [-0.2, -0.15) is 0 Å². The number of aryl methyl sites for hydroxylation is 1. The van der Waals surface area contributed by atoms with Crippen LogP contribution in [-0.2, 0) is 17.6 Å². The molecule has 5 heteroatoms. The van der Waals surface area contributed by atoms with E-state index in [4.69, 9.17) is 0 Å². The Bertz CT molecular complexity index is 970. The second-order valence-electron chi connectivity index (χ2n) is 8.60. The minimum absolute atomic E-state index is 0.249. The summed E-state index contributed by atoms with van der Waals surface area (Å²) >= 11 is 0. The zero-order valence-corrected chi connectivity index (χ0v) is 17.9. The van der Waals surface area contributed by atoms with Crippen molar-refractivity contribution in [2.75, 3.05) is 0 Å². The topological polar surface area (TPSA) is 60.7 Å². The number of pyridine rings is 1. The number of aromatic nitrogens is 4. The van der Waals surface area contributed by atoms with Crippen molar-refractivity contribution < 1.29 is 4.79 Å². The predicted octanol–water partition coefficient (Wildman–Crippen LogP) is 5.32. The fourth-order valence-electron chi connectivity index (χ4n) is 4.33. The first-order valence-electron chi connectivity index (χ1n) is 11.1. The van der Waals surface area contributed by atoms with Gasteiger partial charge in [-0.05, 0) is 42.0 Å². The molecule has 0 spiro atoms. The molecule has 0 radical (unpaired) electrons. The van der Waals surface area contributed by atoms with Crippen molar-refractivity contribution in [3.8, 4) is 11.4 Å². The first kappa shape index (κ1) is 20.5. The number of benzene rings is 1. The summed E-state index contributed by atoms with van der Waals surface area (Å²) in [5, 5.41) is 8.98. The molecular weight excluding hydrogens is 372 g/mol. The molecule has 2 aromatic heterocycles. The second kappa shape index (κ2) is 9.33. The van der Waals surface area contributed by atoms with Crippen molar-refractivity contribution in [1.82, 2.24) is 19.7 Å². The quantitative estimate of drug-likeness (QED) is 0.511. The Morgan fingerprint density at radius 1 is 1.03 bits per heavy atom. The van der Waals surface area contributed by atoms with Gasteiger partial charge in [0.15, 0.2) is 5.82 Å². The molecule has 1 saturated carbocycles. The van der Waals surface area contributed by atoms with Crippen molar-refractivity contribution in [3.63, 3.8) is 0 Å². The summed E-state index contributed by atoms with van der Waals surface area (Å²) in [5.41, 5.74) is 3.42. The van der Waals surface area contributed by atoms with E-state index in [1.54, 1.807) is 12.4 Å². The number of ketones is 1. The lowest BCUT2D eigenvalue weighted by Gasteiger charge is -2.17. The highest BCUT2D eigenvalue weighted by molar-refractivity contribution is 5.81. The predicted molar refractivity (Wildman–Crippen MR) is 118 cm³/mol. The van der Waals surface area contributed by atoms with Gasteiger partial charge >= 0.3 is 0 Å². The van der Waals surface area contributed by atoms with Crippen molar-refractivity contribution >= 4 is 5.78 Å². The second-order valence-corrected chi connectivity index (χ2v) is 8.60. The SMILES string of the molecule is CC(C)c1ccc(CC(=O)CCc2nnc(-c3ccncc3)n2C2CCCC2)cc1. The number of Topliss-reactive ketones (excluding diaryl/α,β-unsaturated/α-hetero) is 1. The third-order valence-electron chi connectivity index (χ3n) is 6.07. The average Bonchev–Trinajstić information content (AvgIpc) is 3.43. The number of carbonyl (C=O) groups excluding carboxylic acids is 1. The van der Waals surface area contributed by atoms with Crippen LogP contribution in [0.15, 0.2) is 48.8 Å². The van der Waals surface area contributed by atoms with Crippen molar-refractivity contribution in [1.29, 1.82) is 0 Å². The Morgan fingerprint density at radius 2 is 1.73 bits per heavy atom. The maximum atomic E-state index is 12.6. The van der Waals surface area contributed by atoms with Crippen LogP contribution in [0.2, 0.25) is 0 Å². The summed E-state index contributed by atoms with van der Waals surface area (Å²) in [7, 11) is 0. The van der Waals surface area contributed by atoms with Crippen molar-refractivity contribution in [2.24, 2.45) is 0 Å². The first-order valence-corrected chi connectivity index (χ1v) is 11.1. The van der Waals surface area contributed by atoms with Gasteiger partial charge in [0.2, 0.25) is 0 Å². The minimum atomic E-state index is 0.249. The Labute approximate surface area is 178 Å². The maximum absolute atomic E-state index is 12.6. The van der Waals surface area contributed by atoms with Crippen LogP contribution in [0.3, 0.4) is 0 Å². The number of carbonyl (C=O) groups is 1. The lowest BCUT2D eigenvalue weighted by atomic mass is 9.99. The molecule has 0 amide bonds. The van der Waals surface area contributed by atoms with Crippen LogP contribution in [0.25, 0.3) is 11.4 Å². The molecule has 0 N–H and O–H groups in total. The van der Waals surface area contributed by atoms with Gasteiger partial charge in [-0.15, -0.1) is 10.2 Å². The number of rotatable bonds is 8. The third-order valence-corrected chi connectivity index (χ3v) is 6.07. The first-order chi connectivity index (χ1) is 14.6. The molecule has 0 bridgehead atoms.